The average molecular weight is 243 g/mol. The maximum atomic E-state index is 4.39. The lowest BCUT2D eigenvalue weighted by Crippen LogP contribution is -2.22. The van der Waals surface area contributed by atoms with Crippen molar-refractivity contribution >= 4 is 0 Å². The Kier molecular flexibility index (Phi) is 4.15. The van der Waals surface area contributed by atoms with Gasteiger partial charge in [-0.25, -0.2) is 4.98 Å². The molecular weight excluding hydrogens is 222 g/mol. The first kappa shape index (κ1) is 12.8. The highest BCUT2D eigenvalue weighted by Gasteiger charge is 2.06. The van der Waals surface area contributed by atoms with Crippen molar-refractivity contribution in [3.8, 4) is 0 Å². The van der Waals surface area contributed by atoms with E-state index in [-0.39, 0.29) is 0 Å². The van der Waals surface area contributed by atoms with Crippen LogP contribution in [0.1, 0.15) is 30.8 Å². The van der Waals surface area contributed by atoms with Crippen LogP contribution in [0, 0.1) is 0 Å². The fourth-order valence-electron chi connectivity index (χ4n) is 1.95. The number of nitrogens with zero attached hydrogens (tertiary/aromatic N) is 2. The maximum absolute atomic E-state index is 4.39. The molecule has 18 heavy (non-hydrogen) atoms. The van der Waals surface area contributed by atoms with Crippen LogP contribution in [0.5, 0.6) is 0 Å². The van der Waals surface area contributed by atoms with E-state index in [4.69, 9.17) is 0 Å². The summed E-state index contributed by atoms with van der Waals surface area (Å²) < 4.78 is 2.08. The Bertz CT molecular complexity index is 500. The van der Waals surface area contributed by atoms with Gasteiger partial charge in [-0.2, -0.15) is 0 Å². The van der Waals surface area contributed by atoms with Crippen molar-refractivity contribution in [2.75, 3.05) is 0 Å². The number of aryl methyl sites for hydroxylation is 1. The monoisotopic (exact) mass is 243 g/mol. The second-order valence-electron chi connectivity index (χ2n) is 4.94. The van der Waals surface area contributed by atoms with Gasteiger partial charge in [0.25, 0.3) is 0 Å². The van der Waals surface area contributed by atoms with Gasteiger partial charge in [0.05, 0.1) is 0 Å². The lowest BCUT2D eigenvalue weighted by Gasteiger charge is -2.12. The van der Waals surface area contributed by atoms with Gasteiger partial charge in [-0.3, -0.25) is 0 Å². The summed E-state index contributed by atoms with van der Waals surface area (Å²) in [4.78, 5) is 4.39. The molecule has 0 saturated carbocycles. The van der Waals surface area contributed by atoms with Gasteiger partial charge in [-0.05, 0) is 11.1 Å². The first-order valence-electron chi connectivity index (χ1n) is 6.43. The molecule has 0 amide bonds. The van der Waals surface area contributed by atoms with Crippen molar-refractivity contribution < 1.29 is 0 Å². The summed E-state index contributed by atoms with van der Waals surface area (Å²) in [5.41, 5.74) is 2.70. The predicted octanol–water partition coefficient (Wildman–Crippen LogP) is 2.51. The molecule has 0 aliphatic rings. The molecule has 0 radical (unpaired) electrons. The van der Waals surface area contributed by atoms with Crippen LogP contribution in [0.4, 0.5) is 0 Å². The topological polar surface area (TPSA) is 29.9 Å². The second kappa shape index (κ2) is 5.83. The molecule has 0 unspecified atom stereocenters. The zero-order valence-electron chi connectivity index (χ0n) is 11.4. The molecule has 2 rings (SSSR count). The summed E-state index contributed by atoms with van der Waals surface area (Å²) in [6.45, 7) is 5.25. The lowest BCUT2D eigenvalue weighted by atomic mass is 10.0. The smallest absolute Gasteiger partial charge is 0.112 e. The van der Waals surface area contributed by atoms with E-state index in [1.165, 1.54) is 11.1 Å². The Morgan fingerprint density at radius 3 is 2.56 bits per heavy atom. The molecule has 0 saturated heterocycles. The van der Waals surface area contributed by atoms with Gasteiger partial charge < -0.3 is 9.88 Å². The van der Waals surface area contributed by atoms with E-state index < -0.39 is 0 Å². The summed E-state index contributed by atoms with van der Waals surface area (Å²) in [5, 5.41) is 3.47. The molecule has 1 aromatic carbocycles. The number of hydrogen-bond donors (Lipinski definition) is 1. The molecule has 1 N–H and O–H groups in total. The molecule has 96 valence electrons. The van der Waals surface area contributed by atoms with E-state index in [2.05, 4.69) is 53.0 Å². The highest BCUT2D eigenvalue weighted by Crippen LogP contribution is 2.13. The van der Waals surface area contributed by atoms with Crippen molar-refractivity contribution in [2.45, 2.75) is 32.9 Å². The first-order valence-corrected chi connectivity index (χ1v) is 6.43. The third-order valence-electron chi connectivity index (χ3n) is 3.09. The van der Waals surface area contributed by atoms with E-state index in [0.29, 0.717) is 6.04 Å². The minimum absolute atomic E-state index is 0.506. The van der Waals surface area contributed by atoms with Crippen LogP contribution in [0.15, 0.2) is 36.7 Å². The zero-order valence-corrected chi connectivity index (χ0v) is 11.4. The number of aromatic nitrogens is 2. The van der Waals surface area contributed by atoms with Crippen molar-refractivity contribution in [3.63, 3.8) is 0 Å². The Hall–Kier alpha value is -1.61. The van der Waals surface area contributed by atoms with E-state index in [1.54, 1.807) is 0 Å². The molecule has 0 aliphatic carbocycles. The fourth-order valence-corrected chi connectivity index (χ4v) is 1.95. The Balaban J connectivity index is 2.14. The highest BCUT2D eigenvalue weighted by molar-refractivity contribution is 5.29. The molecule has 0 aliphatic heterocycles. The Labute approximate surface area is 109 Å². The van der Waals surface area contributed by atoms with Crippen molar-refractivity contribution in [1.29, 1.82) is 0 Å². The minimum Gasteiger partial charge on any atom is -0.338 e. The van der Waals surface area contributed by atoms with Crippen molar-refractivity contribution in [3.05, 3.63) is 53.6 Å². The molecule has 3 nitrogen and oxygen atoms in total. The largest absolute Gasteiger partial charge is 0.338 e. The van der Waals surface area contributed by atoms with Crippen LogP contribution in [0.2, 0.25) is 0 Å². The third-order valence-corrected chi connectivity index (χ3v) is 3.09. The molecule has 0 spiro atoms. The van der Waals surface area contributed by atoms with E-state index in [9.17, 15) is 0 Å². The summed E-state index contributed by atoms with van der Waals surface area (Å²) in [6.07, 6.45) is 4.73. The van der Waals surface area contributed by atoms with Crippen molar-refractivity contribution in [2.24, 2.45) is 7.05 Å². The van der Waals surface area contributed by atoms with Crippen LogP contribution in [0.25, 0.3) is 0 Å². The average Bonchev–Trinajstić information content (AvgIpc) is 2.74. The van der Waals surface area contributed by atoms with Gasteiger partial charge in [0.2, 0.25) is 0 Å². The van der Waals surface area contributed by atoms with Crippen LogP contribution >= 0.6 is 0 Å². The van der Waals surface area contributed by atoms with Gasteiger partial charge in [0, 0.05) is 38.4 Å². The van der Waals surface area contributed by atoms with Crippen LogP contribution in [-0.4, -0.2) is 15.6 Å². The Morgan fingerprint density at radius 2 is 1.94 bits per heavy atom. The third kappa shape index (κ3) is 3.20. The summed E-state index contributed by atoms with van der Waals surface area (Å²) in [7, 11) is 2.04. The van der Waals surface area contributed by atoms with Crippen molar-refractivity contribution in [1.82, 2.24) is 14.9 Å². The SMILES string of the molecule is CC(C)NCc1ccccc1Cc1nccn1C. The molecule has 1 aromatic heterocycles. The van der Waals surface area contributed by atoms with Crippen LogP contribution in [0.3, 0.4) is 0 Å². The quantitative estimate of drug-likeness (QED) is 0.874. The number of hydrogen-bond acceptors (Lipinski definition) is 2. The minimum atomic E-state index is 0.506. The first-order chi connectivity index (χ1) is 8.66. The molecule has 3 heteroatoms. The molecular formula is C15H21N3. The molecule has 0 bridgehead atoms. The van der Waals surface area contributed by atoms with E-state index in [1.807, 2.05) is 19.4 Å². The van der Waals surface area contributed by atoms with Gasteiger partial charge in [0.1, 0.15) is 5.82 Å². The number of benzene rings is 1. The number of rotatable bonds is 5. The maximum Gasteiger partial charge on any atom is 0.112 e. The van der Waals surface area contributed by atoms with Crippen LogP contribution in [-0.2, 0) is 20.0 Å². The Morgan fingerprint density at radius 1 is 1.22 bits per heavy atom. The molecule has 2 aromatic rings. The number of nitrogens with one attached hydrogen (secondary N) is 1. The summed E-state index contributed by atoms with van der Waals surface area (Å²) in [6, 6.07) is 9.07. The molecule has 1 heterocycles. The van der Waals surface area contributed by atoms with Gasteiger partial charge in [0.15, 0.2) is 0 Å². The standard InChI is InChI=1S/C15H21N3/c1-12(2)17-11-14-7-5-4-6-13(14)10-15-16-8-9-18(15)3/h4-9,12,17H,10-11H2,1-3H3. The molecule has 0 fully saturated rings. The lowest BCUT2D eigenvalue weighted by molar-refractivity contribution is 0.586. The summed E-state index contributed by atoms with van der Waals surface area (Å²) in [5.74, 6) is 1.10. The zero-order chi connectivity index (χ0) is 13.0. The normalized spacial score (nSPS) is 11.1. The van der Waals surface area contributed by atoms with Gasteiger partial charge >= 0.3 is 0 Å². The van der Waals surface area contributed by atoms with E-state index in [0.717, 1.165) is 18.8 Å². The number of imidazole rings is 1. The highest BCUT2D eigenvalue weighted by atomic mass is 15.0. The summed E-state index contributed by atoms with van der Waals surface area (Å²) >= 11 is 0. The fraction of sp³-hybridized carbons (Fsp3) is 0.400. The van der Waals surface area contributed by atoms with Gasteiger partial charge in [-0.1, -0.05) is 38.1 Å². The van der Waals surface area contributed by atoms with Crippen LogP contribution < -0.4 is 5.32 Å². The van der Waals surface area contributed by atoms with Gasteiger partial charge in [-0.15, -0.1) is 0 Å². The predicted molar refractivity (Wildman–Crippen MR) is 74.4 cm³/mol. The molecule has 0 atom stereocenters. The second-order valence-corrected chi connectivity index (χ2v) is 4.94. The van der Waals surface area contributed by atoms with E-state index >= 15 is 0 Å².